The van der Waals surface area contributed by atoms with Crippen LogP contribution in [0, 0.1) is 6.92 Å². The monoisotopic (exact) mass is 406 g/mol. The number of nitrogens with zero attached hydrogens (tertiary/aromatic N) is 3. The van der Waals surface area contributed by atoms with Gasteiger partial charge in [0.25, 0.3) is 0 Å². The molecule has 1 aliphatic rings. The molecule has 0 saturated heterocycles. The third-order valence-electron chi connectivity index (χ3n) is 4.37. The first kappa shape index (κ1) is 19.9. The summed E-state index contributed by atoms with van der Waals surface area (Å²) in [5.41, 5.74) is 2.53. The number of hydrogen-bond donors (Lipinski definition) is 1. The molecular weight excluding hydrogens is 380 g/mol. The van der Waals surface area contributed by atoms with E-state index in [2.05, 4.69) is 37.1 Å². The van der Waals surface area contributed by atoms with Crippen molar-refractivity contribution in [3.05, 3.63) is 33.2 Å². The number of thioether (sulfide) groups is 1. The minimum atomic E-state index is -0.307. The molecule has 1 aliphatic heterocycles. The molecule has 27 heavy (non-hydrogen) atoms. The van der Waals surface area contributed by atoms with Gasteiger partial charge >= 0.3 is 5.97 Å². The van der Waals surface area contributed by atoms with E-state index >= 15 is 0 Å². The molecular formula is C19H26N4O2S2. The Kier molecular flexibility index (Phi) is 6.59. The van der Waals surface area contributed by atoms with Gasteiger partial charge in [0, 0.05) is 16.3 Å². The van der Waals surface area contributed by atoms with Crippen LogP contribution in [0.5, 0.6) is 0 Å². The predicted octanol–water partition coefficient (Wildman–Crippen LogP) is 4.78. The summed E-state index contributed by atoms with van der Waals surface area (Å²) in [6.07, 6.45) is 2.91. The molecule has 0 aromatic carbocycles. The van der Waals surface area contributed by atoms with Gasteiger partial charge in [-0.1, -0.05) is 32.0 Å². The van der Waals surface area contributed by atoms with E-state index in [0.29, 0.717) is 18.1 Å². The standard InChI is InChI=1S/C19H26N4O2S2/c1-5-7-9-25-17(24)14-13(4)20-18-21-19(27-10-6-2)22-23(18)15(14)16-12(3)8-11-26-16/h8,11,15H,5-7,9-10H2,1-4H3,(H,20,21,22). The smallest absolute Gasteiger partial charge is 0.338 e. The minimum absolute atomic E-state index is 0.282. The highest BCUT2D eigenvalue weighted by atomic mass is 32.2. The molecule has 0 aliphatic carbocycles. The van der Waals surface area contributed by atoms with Crippen molar-refractivity contribution in [2.45, 2.75) is 58.2 Å². The Labute approximate surface area is 168 Å². The molecule has 2 aromatic rings. The zero-order valence-corrected chi connectivity index (χ0v) is 17.9. The molecule has 2 aromatic heterocycles. The maximum absolute atomic E-state index is 12.9. The van der Waals surface area contributed by atoms with Crippen LogP contribution in [0.2, 0.25) is 0 Å². The average Bonchev–Trinajstić information content (AvgIpc) is 3.24. The molecule has 3 heterocycles. The fraction of sp³-hybridized carbons (Fsp3) is 0.526. The van der Waals surface area contributed by atoms with Gasteiger partial charge in [-0.3, -0.25) is 0 Å². The number of rotatable bonds is 8. The number of carbonyl (C=O) groups is 1. The van der Waals surface area contributed by atoms with Crippen LogP contribution in [0.25, 0.3) is 0 Å². The van der Waals surface area contributed by atoms with E-state index in [-0.39, 0.29) is 12.0 Å². The average molecular weight is 407 g/mol. The third kappa shape index (κ3) is 4.21. The van der Waals surface area contributed by atoms with Gasteiger partial charge in [-0.05, 0) is 43.7 Å². The van der Waals surface area contributed by atoms with E-state index in [1.807, 2.05) is 17.0 Å². The fourth-order valence-electron chi connectivity index (χ4n) is 2.94. The zero-order chi connectivity index (χ0) is 19.4. The molecule has 3 rings (SSSR count). The Morgan fingerprint density at radius 2 is 2.19 bits per heavy atom. The number of esters is 1. The summed E-state index contributed by atoms with van der Waals surface area (Å²) in [6.45, 7) is 8.62. The predicted molar refractivity (Wildman–Crippen MR) is 110 cm³/mol. The third-order valence-corrected chi connectivity index (χ3v) is 6.48. The first-order valence-corrected chi connectivity index (χ1v) is 11.2. The van der Waals surface area contributed by atoms with E-state index in [1.54, 1.807) is 23.1 Å². The van der Waals surface area contributed by atoms with Gasteiger partial charge in [-0.2, -0.15) is 4.98 Å². The summed E-state index contributed by atoms with van der Waals surface area (Å²) in [7, 11) is 0. The molecule has 0 spiro atoms. The first-order valence-electron chi connectivity index (χ1n) is 9.35. The number of thiophene rings is 1. The largest absolute Gasteiger partial charge is 0.462 e. The van der Waals surface area contributed by atoms with Crippen molar-refractivity contribution in [2.24, 2.45) is 0 Å². The summed E-state index contributed by atoms with van der Waals surface area (Å²) in [5.74, 6) is 1.36. The van der Waals surface area contributed by atoms with Crippen LogP contribution in [0.15, 0.2) is 27.9 Å². The number of carbonyl (C=O) groups excluding carboxylic acids is 1. The summed E-state index contributed by atoms with van der Waals surface area (Å²) in [4.78, 5) is 18.6. The van der Waals surface area contributed by atoms with Gasteiger partial charge in [0.05, 0.1) is 12.2 Å². The second-order valence-corrected chi connectivity index (χ2v) is 8.54. The van der Waals surface area contributed by atoms with E-state index in [9.17, 15) is 4.79 Å². The van der Waals surface area contributed by atoms with Crippen molar-refractivity contribution in [3.63, 3.8) is 0 Å². The number of anilines is 1. The van der Waals surface area contributed by atoms with Crippen LogP contribution in [0.3, 0.4) is 0 Å². The van der Waals surface area contributed by atoms with E-state index in [0.717, 1.165) is 46.3 Å². The molecule has 0 fully saturated rings. The molecule has 0 bridgehead atoms. The fourth-order valence-corrected chi connectivity index (χ4v) is 4.65. The molecule has 0 saturated carbocycles. The second kappa shape index (κ2) is 8.93. The summed E-state index contributed by atoms with van der Waals surface area (Å²) >= 11 is 3.26. The van der Waals surface area contributed by atoms with Crippen molar-refractivity contribution in [2.75, 3.05) is 17.7 Å². The number of allylic oxidation sites excluding steroid dienone is 1. The molecule has 1 N–H and O–H groups in total. The van der Waals surface area contributed by atoms with Gasteiger partial charge in [0.15, 0.2) is 0 Å². The van der Waals surface area contributed by atoms with Crippen molar-refractivity contribution in [1.29, 1.82) is 0 Å². The highest BCUT2D eigenvalue weighted by Gasteiger charge is 2.36. The van der Waals surface area contributed by atoms with Crippen LogP contribution in [0.1, 0.15) is 56.5 Å². The number of aromatic nitrogens is 3. The maximum Gasteiger partial charge on any atom is 0.338 e. The number of fused-ring (bicyclic) bond motifs is 1. The number of aryl methyl sites for hydroxylation is 1. The second-order valence-electron chi connectivity index (χ2n) is 6.53. The molecule has 1 unspecified atom stereocenters. The maximum atomic E-state index is 12.9. The van der Waals surface area contributed by atoms with Crippen LogP contribution >= 0.6 is 23.1 Å². The van der Waals surface area contributed by atoms with Gasteiger partial charge in [0.2, 0.25) is 11.1 Å². The van der Waals surface area contributed by atoms with E-state index < -0.39 is 0 Å². The quantitative estimate of drug-likeness (QED) is 0.386. The Hall–Kier alpha value is -1.80. The van der Waals surface area contributed by atoms with Gasteiger partial charge < -0.3 is 10.1 Å². The lowest BCUT2D eigenvalue weighted by atomic mass is 10.00. The van der Waals surface area contributed by atoms with Crippen LogP contribution in [-0.2, 0) is 9.53 Å². The lowest BCUT2D eigenvalue weighted by Gasteiger charge is -2.27. The summed E-state index contributed by atoms with van der Waals surface area (Å²) < 4.78 is 7.38. The van der Waals surface area contributed by atoms with E-state index in [1.165, 1.54) is 0 Å². The SMILES string of the molecule is CCCCOC(=O)C1=C(C)Nc2nc(SCCC)nn2C1c1sccc1C. The molecule has 8 heteroatoms. The van der Waals surface area contributed by atoms with Crippen molar-refractivity contribution in [3.8, 4) is 0 Å². The Balaban J connectivity index is 2.00. The highest BCUT2D eigenvalue weighted by Crippen LogP contribution is 2.40. The lowest BCUT2D eigenvalue weighted by molar-refractivity contribution is -0.139. The van der Waals surface area contributed by atoms with Crippen molar-refractivity contribution < 1.29 is 9.53 Å². The van der Waals surface area contributed by atoms with Crippen molar-refractivity contribution in [1.82, 2.24) is 14.8 Å². The normalized spacial score (nSPS) is 16.2. The number of unbranched alkanes of at least 4 members (excludes halogenated alkanes) is 1. The van der Waals surface area contributed by atoms with E-state index in [4.69, 9.17) is 9.84 Å². The topological polar surface area (TPSA) is 69.0 Å². The van der Waals surface area contributed by atoms with Crippen molar-refractivity contribution >= 4 is 35.0 Å². The molecule has 0 radical (unpaired) electrons. The molecule has 0 amide bonds. The minimum Gasteiger partial charge on any atom is -0.462 e. The van der Waals surface area contributed by atoms with Gasteiger partial charge in [0.1, 0.15) is 6.04 Å². The Bertz CT molecular complexity index is 841. The number of nitrogens with one attached hydrogen (secondary N) is 1. The number of hydrogen-bond acceptors (Lipinski definition) is 7. The zero-order valence-electron chi connectivity index (χ0n) is 16.2. The van der Waals surface area contributed by atoms with Crippen LogP contribution in [-0.4, -0.2) is 33.1 Å². The Morgan fingerprint density at radius 3 is 2.85 bits per heavy atom. The van der Waals surface area contributed by atoms with Crippen LogP contribution in [0.4, 0.5) is 5.95 Å². The first-order chi connectivity index (χ1) is 13.1. The molecule has 6 nitrogen and oxygen atoms in total. The highest BCUT2D eigenvalue weighted by molar-refractivity contribution is 7.99. The molecule has 146 valence electrons. The van der Waals surface area contributed by atoms with Crippen LogP contribution < -0.4 is 5.32 Å². The molecule has 1 atom stereocenters. The van der Waals surface area contributed by atoms with Gasteiger partial charge in [-0.25, -0.2) is 9.48 Å². The Morgan fingerprint density at radius 1 is 1.37 bits per heavy atom. The van der Waals surface area contributed by atoms with Gasteiger partial charge in [-0.15, -0.1) is 16.4 Å². The lowest BCUT2D eigenvalue weighted by Crippen LogP contribution is -2.29. The summed E-state index contributed by atoms with van der Waals surface area (Å²) in [6, 6.07) is 1.76. The number of ether oxygens (including phenoxy) is 1. The summed E-state index contributed by atoms with van der Waals surface area (Å²) in [5, 5.41) is 10.7.